The number of benzene rings is 1. The van der Waals surface area contributed by atoms with Gasteiger partial charge < -0.3 is 10.1 Å². The topological polar surface area (TPSA) is 45.0 Å². The van der Waals surface area contributed by atoms with Crippen LogP contribution < -0.4 is 5.32 Å². The van der Waals surface area contributed by atoms with Gasteiger partial charge in [0.1, 0.15) is 0 Å². The molecule has 17 heavy (non-hydrogen) atoms. The van der Waals surface area contributed by atoms with Crippen molar-refractivity contribution in [3.8, 4) is 6.07 Å². The van der Waals surface area contributed by atoms with Gasteiger partial charge in [0.15, 0.2) is 0 Å². The Morgan fingerprint density at radius 1 is 1.53 bits per heavy atom. The van der Waals surface area contributed by atoms with Gasteiger partial charge in [-0.1, -0.05) is 17.7 Å². The van der Waals surface area contributed by atoms with E-state index in [9.17, 15) is 0 Å². The van der Waals surface area contributed by atoms with Gasteiger partial charge in [0.2, 0.25) is 0 Å². The third-order valence-corrected chi connectivity index (χ3v) is 2.75. The lowest BCUT2D eigenvalue weighted by Crippen LogP contribution is -2.30. The molecule has 1 N–H and O–H groups in total. The van der Waals surface area contributed by atoms with Crippen LogP contribution in [-0.4, -0.2) is 19.3 Å². The fraction of sp³-hybridized carbons (Fsp3) is 0.462. The molecule has 0 saturated carbocycles. The van der Waals surface area contributed by atoms with Gasteiger partial charge in [0, 0.05) is 24.2 Å². The molecule has 1 unspecified atom stereocenters. The fourth-order valence-electron chi connectivity index (χ4n) is 1.40. The maximum absolute atomic E-state index is 8.73. The van der Waals surface area contributed by atoms with Gasteiger partial charge in [-0.25, -0.2) is 0 Å². The van der Waals surface area contributed by atoms with Crippen LogP contribution in [0.4, 0.5) is 0 Å². The molecule has 0 fully saturated rings. The zero-order valence-electron chi connectivity index (χ0n) is 10.2. The van der Waals surface area contributed by atoms with E-state index in [4.69, 9.17) is 21.6 Å². The first-order chi connectivity index (χ1) is 8.17. The molecule has 0 radical (unpaired) electrons. The van der Waals surface area contributed by atoms with Crippen LogP contribution in [0.15, 0.2) is 18.2 Å². The molecule has 0 spiro atoms. The van der Waals surface area contributed by atoms with Crippen LogP contribution in [-0.2, 0) is 11.3 Å². The highest BCUT2D eigenvalue weighted by atomic mass is 35.5. The summed E-state index contributed by atoms with van der Waals surface area (Å²) in [6, 6.07) is 7.68. The number of halogens is 1. The molecular formula is C13H17ClN2O. The molecule has 1 rings (SSSR count). The van der Waals surface area contributed by atoms with Crippen LogP contribution in [0.5, 0.6) is 0 Å². The summed E-state index contributed by atoms with van der Waals surface area (Å²) in [5.41, 5.74) is 1.58. The third-order valence-electron chi connectivity index (χ3n) is 2.40. The summed E-state index contributed by atoms with van der Waals surface area (Å²) in [5.74, 6) is 0. The largest absolute Gasteiger partial charge is 0.380 e. The summed E-state index contributed by atoms with van der Waals surface area (Å²) in [6.07, 6.45) is 0. The number of hydrogen-bond acceptors (Lipinski definition) is 3. The van der Waals surface area contributed by atoms with Crippen LogP contribution in [0.1, 0.15) is 25.0 Å². The molecule has 92 valence electrons. The Morgan fingerprint density at radius 3 is 2.88 bits per heavy atom. The van der Waals surface area contributed by atoms with E-state index in [1.807, 2.05) is 13.0 Å². The number of rotatable bonds is 6. The van der Waals surface area contributed by atoms with Crippen LogP contribution in [0, 0.1) is 11.3 Å². The highest BCUT2D eigenvalue weighted by molar-refractivity contribution is 6.31. The average Bonchev–Trinajstić information content (AvgIpc) is 2.34. The summed E-state index contributed by atoms with van der Waals surface area (Å²) in [6.45, 7) is 6.13. The molecule has 0 saturated heterocycles. The summed E-state index contributed by atoms with van der Waals surface area (Å²) < 4.78 is 5.31. The normalized spacial score (nSPS) is 12.1. The van der Waals surface area contributed by atoms with Crippen molar-refractivity contribution in [1.82, 2.24) is 5.32 Å². The number of nitrogens with zero attached hydrogens (tertiary/aromatic N) is 1. The zero-order valence-corrected chi connectivity index (χ0v) is 10.9. The predicted molar refractivity (Wildman–Crippen MR) is 69.0 cm³/mol. The van der Waals surface area contributed by atoms with Gasteiger partial charge in [-0.3, -0.25) is 0 Å². The lowest BCUT2D eigenvalue weighted by atomic mass is 10.1. The summed E-state index contributed by atoms with van der Waals surface area (Å²) in [5, 5.41) is 12.7. The monoisotopic (exact) mass is 252 g/mol. The molecule has 1 aromatic rings. The third kappa shape index (κ3) is 4.74. The highest BCUT2D eigenvalue weighted by Crippen LogP contribution is 2.17. The molecule has 0 aromatic heterocycles. The second kappa shape index (κ2) is 7.29. The quantitative estimate of drug-likeness (QED) is 0.847. The van der Waals surface area contributed by atoms with Crippen LogP contribution in [0.3, 0.4) is 0 Å². The van der Waals surface area contributed by atoms with Crippen molar-refractivity contribution < 1.29 is 4.74 Å². The van der Waals surface area contributed by atoms with Crippen molar-refractivity contribution in [1.29, 1.82) is 5.26 Å². The molecule has 1 atom stereocenters. The molecule has 0 aliphatic heterocycles. The van der Waals surface area contributed by atoms with Crippen molar-refractivity contribution in [2.75, 3.05) is 13.2 Å². The Bertz CT molecular complexity index is 401. The standard InChI is InChI=1S/C13H17ClN2O/c1-3-17-9-10(2)16-8-12-5-4-11(7-15)6-13(12)14/h4-6,10,16H,3,8-9H2,1-2H3. The van der Waals surface area contributed by atoms with Gasteiger partial charge in [-0.05, 0) is 31.5 Å². The molecule has 4 heteroatoms. The van der Waals surface area contributed by atoms with Gasteiger partial charge in [0.05, 0.1) is 18.2 Å². The molecular weight excluding hydrogens is 236 g/mol. The lowest BCUT2D eigenvalue weighted by molar-refractivity contribution is 0.127. The van der Waals surface area contributed by atoms with E-state index >= 15 is 0 Å². The molecule has 0 heterocycles. The minimum atomic E-state index is 0.279. The Balaban J connectivity index is 2.49. The summed E-state index contributed by atoms with van der Waals surface area (Å²) in [4.78, 5) is 0. The van der Waals surface area contributed by atoms with Crippen molar-refractivity contribution in [2.24, 2.45) is 0 Å². The maximum atomic E-state index is 8.73. The fourth-order valence-corrected chi connectivity index (χ4v) is 1.65. The minimum Gasteiger partial charge on any atom is -0.380 e. The second-order valence-electron chi connectivity index (χ2n) is 3.86. The summed E-state index contributed by atoms with van der Waals surface area (Å²) >= 11 is 6.07. The van der Waals surface area contributed by atoms with Crippen LogP contribution >= 0.6 is 11.6 Å². The SMILES string of the molecule is CCOCC(C)NCc1ccc(C#N)cc1Cl. The molecule has 1 aromatic carbocycles. The van der Waals surface area contributed by atoms with Crippen molar-refractivity contribution in [2.45, 2.75) is 26.4 Å². The van der Waals surface area contributed by atoms with Crippen molar-refractivity contribution >= 4 is 11.6 Å². The first kappa shape index (κ1) is 14.0. The van der Waals surface area contributed by atoms with E-state index in [0.717, 1.165) is 12.2 Å². The number of ether oxygens (including phenoxy) is 1. The first-order valence-electron chi connectivity index (χ1n) is 5.67. The Hall–Kier alpha value is -1.08. The van der Waals surface area contributed by atoms with E-state index in [1.54, 1.807) is 12.1 Å². The van der Waals surface area contributed by atoms with E-state index < -0.39 is 0 Å². The molecule has 3 nitrogen and oxygen atoms in total. The van der Waals surface area contributed by atoms with Crippen molar-refractivity contribution in [3.63, 3.8) is 0 Å². The van der Waals surface area contributed by atoms with E-state index in [1.165, 1.54) is 0 Å². The van der Waals surface area contributed by atoms with Crippen molar-refractivity contribution in [3.05, 3.63) is 34.3 Å². The highest BCUT2D eigenvalue weighted by Gasteiger charge is 2.05. The Labute approximate surface area is 107 Å². The number of nitriles is 1. The van der Waals surface area contributed by atoms with E-state index in [-0.39, 0.29) is 6.04 Å². The Morgan fingerprint density at radius 2 is 2.29 bits per heavy atom. The average molecular weight is 253 g/mol. The second-order valence-corrected chi connectivity index (χ2v) is 4.27. The molecule has 0 aliphatic rings. The Kier molecular flexibility index (Phi) is 5.99. The predicted octanol–water partition coefficient (Wildman–Crippen LogP) is 2.73. The lowest BCUT2D eigenvalue weighted by Gasteiger charge is -2.14. The van der Waals surface area contributed by atoms with E-state index in [0.29, 0.717) is 23.7 Å². The van der Waals surface area contributed by atoms with Crippen LogP contribution in [0.2, 0.25) is 5.02 Å². The van der Waals surface area contributed by atoms with Gasteiger partial charge in [0.25, 0.3) is 0 Å². The van der Waals surface area contributed by atoms with Gasteiger partial charge >= 0.3 is 0 Å². The van der Waals surface area contributed by atoms with Gasteiger partial charge in [-0.15, -0.1) is 0 Å². The summed E-state index contributed by atoms with van der Waals surface area (Å²) in [7, 11) is 0. The smallest absolute Gasteiger partial charge is 0.0992 e. The molecule has 0 aliphatic carbocycles. The molecule has 0 amide bonds. The van der Waals surface area contributed by atoms with Gasteiger partial charge in [-0.2, -0.15) is 5.26 Å². The first-order valence-corrected chi connectivity index (χ1v) is 6.04. The zero-order chi connectivity index (χ0) is 12.7. The minimum absolute atomic E-state index is 0.279. The number of hydrogen-bond donors (Lipinski definition) is 1. The van der Waals surface area contributed by atoms with Crippen LogP contribution in [0.25, 0.3) is 0 Å². The van der Waals surface area contributed by atoms with E-state index in [2.05, 4.69) is 18.3 Å². The number of nitrogens with one attached hydrogen (secondary N) is 1. The maximum Gasteiger partial charge on any atom is 0.0992 e. The molecule has 0 bridgehead atoms.